The molecule has 0 atom stereocenters. The van der Waals surface area contributed by atoms with Gasteiger partial charge in [-0.25, -0.2) is 0 Å². The number of carbonyl (C=O) groups excluding carboxylic acids is 2. The first-order chi connectivity index (χ1) is 12.4. The molecule has 7 heteroatoms. The van der Waals surface area contributed by atoms with Gasteiger partial charge in [0.25, 0.3) is 0 Å². The van der Waals surface area contributed by atoms with E-state index in [0.29, 0.717) is 11.5 Å². The lowest BCUT2D eigenvalue weighted by molar-refractivity contribution is -0.132. The average molecular weight is 407 g/mol. The molecular formula is C19H18O4S3. The molecule has 136 valence electrons. The van der Waals surface area contributed by atoms with Gasteiger partial charge in [-0.2, -0.15) is 0 Å². The fraction of sp³-hybridized carbons (Fsp3) is 0.211. The summed E-state index contributed by atoms with van der Waals surface area (Å²) in [7, 11) is 0. The lowest BCUT2D eigenvalue weighted by atomic mass is 10.2. The number of thioether (sulfide) groups is 2. The van der Waals surface area contributed by atoms with E-state index < -0.39 is 0 Å². The van der Waals surface area contributed by atoms with Gasteiger partial charge in [-0.05, 0) is 35.4 Å². The van der Waals surface area contributed by atoms with E-state index in [0.717, 1.165) is 26.2 Å². The smallest absolute Gasteiger partial charge is 0.308 e. The SMILES string of the molecule is CC(=O)Oc1ccc(CSC(=S)SCc2ccc(OC(C)=O)cc2)cc1. The van der Waals surface area contributed by atoms with Gasteiger partial charge in [0.05, 0.1) is 0 Å². The molecule has 26 heavy (non-hydrogen) atoms. The van der Waals surface area contributed by atoms with Crippen molar-refractivity contribution in [3.8, 4) is 11.5 Å². The van der Waals surface area contributed by atoms with E-state index in [1.807, 2.05) is 24.3 Å². The van der Waals surface area contributed by atoms with E-state index in [4.69, 9.17) is 21.7 Å². The van der Waals surface area contributed by atoms with E-state index in [9.17, 15) is 9.59 Å². The lowest BCUT2D eigenvalue weighted by Crippen LogP contribution is -2.01. The predicted octanol–water partition coefficient (Wildman–Crippen LogP) is 4.99. The summed E-state index contributed by atoms with van der Waals surface area (Å²) in [5.74, 6) is 1.95. The van der Waals surface area contributed by atoms with Gasteiger partial charge in [0.15, 0.2) is 0 Å². The van der Waals surface area contributed by atoms with Crippen molar-refractivity contribution >= 4 is 51.2 Å². The van der Waals surface area contributed by atoms with E-state index in [-0.39, 0.29) is 11.9 Å². The van der Waals surface area contributed by atoms with Gasteiger partial charge in [-0.15, -0.1) is 23.5 Å². The van der Waals surface area contributed by atoms with Gasteiger partial charge >= 0.3 is 11.9 Å². The van der Waals surface area contributed by atoms with Crippen molar-refractivity contribution in [2.75, 3.05) is 0 Å². The van der Waals surface area contributed by atoms with Crippen LogP contribution in [-0.4, -0.2) is 15.5 Å². The molecule has 0 N–H and O–H groups in total. The molecule has 2 rings (SSSR count). The summed E-state index contributed by atoms with van der Waals surface area (Å²) in [6.45, 7) is 2.76. The zero-order valence-electron chi connectivity index (χ0n) is 14.4. The van der Waals surface area contributed by atoms with Crippen LogP contribution >= 0.6 is 35.7 Å². The molecule has 0 unspecified atom stereocenters. The second-order valence-corrected chi connectivity index (χ2v) is 8.46. The van der Waals surface area contributed by atoms with Gasteiger partial charge in [0, 0.05) is 25.4 Å². The van der Waals surface area contributed by atoms with Crippen LogP contribution in [0.15, 0.2) is 48.5 Å². The third-order valence-electron chi connectivity index (χ3n) is 3.08. The van der Waals surface area contributed by atoms with Crippen LogP contribution in [0.2, 0.25) is 0 Å². The molecule has 0 saturated heterocycles. The van der Waals surface area contributed by atoms with E-state index >= 15 is 0 Å². The van der Waals surface area contributed by atoms with Crippen LogP contribution in [0.1, 0.15) is 25.0 Å². The van der Waals surface area contributed by atoms with Crippen LogP contribution in [-0.2, 0) is 21.1 Å². The number of rotatable bonds is 6. The van der Waals surface area contributed by atoms with Gasteiger partial charge < -0.3 is 9.47 Å². The fourth-order valence-electron chi connectivity index (χ4n) is 1.97. The minimum atomic E-state index is -0.328. The molecule has 0 fully saturated rings. The Bertz CT molecular complexity index is 705. The Morgan fingerprint density at radius 1 is 0.769 bits per heavy atom. The molecule has 2 aromatic rings. The summed E-state index contributed by atoms with van der Waals surface area (Å²) in [6.07, 6.45) is 0. The summed E-state index contributed by atoms with van der Waals surface area (Å²) >= 11 is 8.60. The van der Waals surface area contributed by atoms with Crippen molar-refractivity contribution in [1.29, 1.82) is 0 Å². The Kier molecular flexibility index (Phi) is 8.15. The maximum atomic E-state index is 10.9. The molecular weight excluding hydrogens is 388 g/mol. The van der Waals surface area contributed by atoms with E-state index in [1.54, 1.807) is 47.8 Å². The van der Waals surface area contributed by atoms with Crippen LogP contribution in [0.3, 0.4) is 0 Å². The topological polar surface area (TPSA) is 52.6 Å². The van der Waals surface area contributed by atoms with Crippen molar-refractivity contribution in [3.05, 3.63) is 59.7 Å². The monoisotopic (exact) mass is 406 g/mol. The molecule has 2 aromatic carbocycles. The number of esters is 2. The maximum Gasteiger partial charge on any atom is 0.308 e. The number of hydrogen-bond donors (Lipinski definition) is 0. The van der Waals surface area contributed by atoms with Gasteiger partial charge in [0.1, 0.15) is 15.0 Å². The zero-order valence-corrected chi connectivity index (χ0v) is 16.8. The van der Waals surface area contributed by atoms with Crippen molar-refractivity contribution in [2.24, 2.45) is 0 Å². The third kappa shape index (κ3) is 7.59. The van der Waals surface area contributed by atoms with Crippen molar-refractivity contribution < 1.29 is 19.1 Å². The first-order valence-electron chi connectivity index (χ1n) is 7.76. The quantitative estimate of drug-likeness (QED) is 0.380. The van der Waals surface area contributed by atoms with Crippen LogP contribution in [0, 0.1) is 0 Å². The van der Waals surface area contributed by atoms with Crippen LogP contribution < -0.4 is 9.47 Å². The molecule has 0 amide bonds. The predicted molar refractivity (Wildman–Crippen MR) is 111 cm³/mol. The standard InChI is InChI=1S/C19H18O4S3/c1-13(20)22-17-7-3-15(4-8-17)11-25-19(24)26-12-16-5-9-18(10-6-16)23-14(2)21/h3-10H,11-12H2,1-2H3. The number of thiocarbonyl (C=S) groups is 1. The molecule has 0 spiro atoms. The Balaban J connectivity index is 1.74. The first kappa shape index (κ1) is 20.5. The molecule has 0 saturated carbocycles. The highest BCUT2D eigenvalue weighted by Gasteiger charge is 2.04. The second-order valence-electron chi connectivity index (χ2n) is 5.30. The Hall–Kier alpha value is -1.83. The third-order valence-corrected chi connectivity index (χ3v) is 5.92. The first-order valence-corrected chi connectivity index (χ1v) is 10.1. The molecule has 0 aliphatic rings. The van der Waals surface area contributed by atoms with Crippen LogP contribution in [0.5, 0.6) is 11.5 Å². The van der Waals surface area contributed by atoms with Gasteiger partial charge in [-0.1, -0.05) is 36.5 Å². The summed E-state index contributed by atoms with van der Waals surface area (Å²) < 4.78 is 10.9. The van der Waals surface area contributed by atoms with Crippen LogP contribution in [0.25, 0.3) is 0 Å². The van der Waals surface area contributed by atoms with Crippen molar-refractivity contribution in [2.45, 2.75) is 25.4 Å². The van der Waals surface area contributed by atoms with Crippen molar-refractivity contribution in [1.82, 2.24) is 0 Å². The number of ether oxygens (including phenoxy) is 2. The van der Waals surface area contributed by atoms with E-state index in [1.165, 1.54) is 13.8 Å². The summed E-state index contributed by atoms with van der Waals surface area (Å²) in [5, 5.41) is 0. The Morgan fingerprint density at radius 2 is 1.12 bits per heavy atom. The van der Waals surface area contributed by atoms with Crippen LogP contribution in [0.4, 0.5) is 0 Å². The highest BCUT2D eigenvalue weighted by atomic mass is 32.2. The molecule has 0 aromatic heterocycles. The Labute approximate surface area is 166 Å². The molecule has 0 aliphatic carbocycles. The number of benzene rings is 2. The van der Waals surface area contributed by atoms with E-state index in [2.05, 4.69) is 0 Å². The second kappa shape index (κ2) is 10.4. The minimum absolute atomic E-state index is 0.328. The average Bonchev–Trinajstić information content (AvgIpc) is 2.59. The number of hydrogen-bond acceptors (Lipinski definition) is 7. The molecule has 0 aliphatic heterocycles. The number of carbonyl (C=O) groups is 2. The van der Waals surface area contributed by atoms with Gasteiger partial charge in [0.2, 0.25) is 0 Å². The van der Waals surface area contributed by atoms with Crippen molar-refractivity contribution in [3.63, 3.8) is 0 Å². The normalized spacial score (nSPS) is 10.2. The Morgan fingerprint density at radius 3 is 1.42 bits per heavy atom. The highest BCUT2D eigenvalue weighted by Crippen LogP contribution is 2.26. The highest BCUT2D eigenvalue weighted by molar-refractivity contribution is 8.46. The maximum absolute atomic E-state index is 10.9. The zero-order chi connectivity index (χ0) is 18.9. The molecule has 4 nitrogen and oxygen atoms in total. The molecule has 0 bridgehead atoms. The molecule has 0 heterocycles. The molecule has 0 radical (unpaired) electrons. The lowest BCUT2D eigenvalue weighted by Gasteiger charge is -2.06. The minimum Gasteiger partial charge on any atom is -0.427 e. The summed E-state index contributed by atoms with van der Waals surface area (Å²) in [4.78, 5) is 21.8. The summed E-state index contributed by atoms with van der Waals surface area (Å²) in [6, 6.07) is 14.8. The summed E-state index contributed by atoms with van der Waals surface area (Å²) in [5.41, 5.74) is 2.22. The largest absolute Gasteiger partial charge is 0.427 e. The van der Waals surface area contributed by atoms with Gasteiger partial charge in [-0.3, -0.25) is 9.59 Å². The fourth-order valence-corrected chi connectivity index (χ4v) is 3.96.